The van der Waals surface area contributed by atoms with Gasteiger partial charge in [0.25, 0.3) is 0 Å². The molecule has 2 aromatic rings. The summed E-state index contributed by atoms with van der Waals surface area (Å²) in [7, 11) is 0. The molecule has 0 radical (unpaired) electrons. The number of hydrazone groups is 1. The summed E-state index contributed by atoms with van der Waals surface area (Å²) in [6, 6.07) is 11.3. The first-order valence-electron chi connectivity index (χ1n) is 6.85. The molecule has 1 aromatic heterocycles. The van der Waals surface area contributed by atoms with E-state index in [-0.39, 0.29) is 24.7 Å². The van der Waals surface area contributed by atoms with E-state index in [1.54, 1.807) is 6.21 Å². The number of nitrogens with one attached hydrogen (secondary N) is 2. The number of carbonyl (C=O) groups excluding carboxylic acids is 2. The zero-order valence-corrected chi connectivity index (χ0v) is 13.0. The molecule has 0 aliphatic heterocycles. The molecule has 0 unspecified atom stereocenters. The first-order chi connectivity index (χ1) is 10.6. The molecule has 2 rings (SSSR count). The van der Waals surface area contributed by atoms with Crippen molar-refractivity contribution in [1.29, 1.82) is 0 Å². The van der Waals surface area contributed by atoms with E-state index in [9.17, 15) is 9.59 Å². The second-order valence-corrected chi connectivity index (χ2v) is 5.71. The van der Waals surface area contributed by atoms with Crippen molar-refractivity contribution in [3.63, 3.8) is 0 Å². The van der Waals surface area contributed by atoms with Crippen LogP contribution in [-0.4, -0.2) is 18.0 Å². The lowest BCUT2D eigenvalue weighted by Crippen LogP contribution is -2.20. The van der Waals surface area contributed by atoms with Crippen LogP contribution in [0.4, 0.5) is 5.69 Å². The van der Waals surface area contributed by atoms with Crippen molar-refractivity contribution in [3.05, 3.63) is 52.2 Å². The standard InChI is InChI=1S/C16H17N3O2S/c1-12-4-2-5-13(10-12)18-15(20)7-8-16(21)19-17-11-14-6-3-9-22-14/h2-6,9-11H,7-8H2,1H3,(H,18,20)(H,19,21)/b17-11+. The molecule has 0 saturated heterocycles. The van der Waals surface area contributed by atoms with E-state index < -0.39 is 0 Å². The van der Waals surface area contributed by atoms with Gasteiger partial charge in [0.05, 0.1) is 6.21 Å². The molecule has 6 heteroatoms. The average molecular weight is 315 g/mol. The number of thiophene rings is 1. The molecule has 1 heterocycles. The largest absolute Gasteiger partial charge is 0.326 e. The number of aryl methyl sites for hydroxylation is 1. The van der Waals surface area contributed by atoms with Gasteiger partial charge in [0.2, 0.25) is 11.8 Å². The average Bonchev–Trinajstić information content (AvgIpc) is 2.98. The molecule has 0 saturated carbocycles. The number of rotatable bonds is 6. The molecular weight excluding hydrogens is 298 g/mol. The molecule has 0 bridgehead atoms. The minimum atomic E-state index is -0.285. The van der Waals surface area contributed by atoms with E-state index in [0.29, 0.717) is 0 Å². The highest BCUT2D eigenvalue weighted by atomic mass is 32.1. The Morgan fingerprint density at radius 2 is 2.00 bits per heavy atom. The van der Waals surface area contributed by atoms with Crippen LogP contribution in [0.15, 0.2) is 46.9 Å². The topological polar surface area (TPSA) is 70.6 Å². The van der Waals surface area contributed by atoms with E-state index in [4.69, 9.17) is 0 Å². The molecule has 0 fully saturated rings. The van der Waals surface area contributed by atoms with Crippen molar-refractivity contribution in [2.45, 2.75) is 19.8 Å². The number of hydrogen-bond donors (Lipinski definition) is 2. The molecular formula is C16H17N3O2S. The Bertz CT molecular complexity index is 666. The molecule has 114 valence electrons. The highest BCUT2D eigenvalue weighted by Gasteiger charge is 2.06. The second-order valence-electron chi connectivity index (χ2n) is 4.73. The van der Waals surface area contributed by atoms with Crippen LogP contribution in [0.1, 0.15) is 23.3 Å². The summed E-state index contributed by atoms with van der Waals surface area (Å²) < 4.78 is 0. The van der Waals surface area contributed by atoms with Crippen molar-refractivity contribution in [2.75, 3.05) is 5.32 Å². The molecule has 2 amide bonds. The van der Waals surface area contributed by atoms with Gasteiger partial charge in [-0.2, -0.15) is 5.10 Å². The smallest absolute Gasteiger partial charge is 0.240 e. The molecule has 5 nitrogen and oxygen atoms in total. The van der Waals surface area contributed by atoms with E-state index in [1.165, 1.54) is 11.3 Å². The lowest BCUT2D eigenvalue weighted by atomic mass is 10.2. The quantitative estimate of drug-likeness (QED) is 0.635. The first kappa shape index (κ1) is 15.9. The minimum Gasteiger partial charge on any atom is -0.326 e. The van der Waals surface area contributed by atoms with Crippen LogP contribution in [0.2, 0.25) is 0 Å². The van der Waals surface area contributed by atoms with Crippen LogP contribution in [-0.2, 0) is 9.59 Å². The van der Waals surface area contributed by atoms with Gasteiger partial charge in [-0.3, -0.25) is 9.59 Å². The molecule has 2 N–H and O–H groups in total. The van der Waals surface area contributed by atoms with Crippen LogP contribution in [0, 0.1) is 6.92 Å². The minimum absolute atomic E-state index is 0.0967. The van der Waals surface area contributed by atoms with Crippen LogP contribution in [0.25, 0.3) is 0 Å². The Labute approximate surface area is 133 Å². The number of nitrogens with zero attached hydrogens (tertiary/aromatic N) is 1. The van der Waals surface area contributed by atoms with E-state index in [1.807, 2.05) is 48.7 Å². The van der Waals surface area contributed by atoms with Gasteiger partial charge in [-0.25, -0.2) is 5.43 Å². The molecule has 0 aliphatic carbocycles. The summed E-state index contributed by atoms with van der Waals surface area (Å²) in [6.07, 6.45) is 1.79. The lowest BCUT2D eigenvalue weighted by molar-refractivity contribution is -0.124. The maximum atomic E-state index is 11.8. The monoisotopic (exact) mass is 315 g/mol. The Morgan fingerprint density at radius 1 is 1.18 bits per heavy atom. The van der Waals surface area contributed by atoms with Gasteiger partial charge in [0, 0.05) is 23.4 Å². The summed E-state index contributed by atoms with van der Waals surface area (Å²) >= 11 is 1.53. The van der Waals surface area contributed by atoms with Gasteiger partial charge in [-0.15, -0.1) is 11.3 Å². The maximum absolute atomic E-state index is 11.8. The third-order valence-electron chi connectivity index (χ3n) is 2.81. The molecule has 0 spiro atoms. The molecule has 1 aromatic carbocycles. The van der Waals surface area contributed by atoms with E-state index >= 15 is 0 Å². The van der Waals surface area contributed by atoms with Crippen molar-refractivity contribution in [3.8, 4) is 0 Å². The summed E-state index contributed by atoms with van der Waals surface area (Å²) in [5, 5.41) is 8.53. The highest BCUT2D eigenvalue weighted by Crippen LogP contribution is 2.10. The highest BCUT2D eigenvalue weighted by molar-refractivity contribution is 7.11. The van der Waals surface area contributed by atoms with Crippen molar-refractivity contribution in [1.82, 2.24) is 5.43 Å². The Balaban J connectivity index is 1.70. The van der Waals surface area contributed by atoms with Gasteiger partial charge in [-0.05, 0) is 36.1 Å². The normalized spacial score (nSPS) is 10.6. The van der Waals surface area contributed by atoms with Crippen LogP contribution < -0.4 is 10.7 Å². The van der Waals surface area contributed by atoms with Gasteiger partial charge >= 0.3 is 0 Å². The lowest BCUT2D eigenvalue weighted by Gasteiger charge is -2.05. The summed E-state index contributed by atoms with van der Waals surface area (Å²) in [6.45, 7) is 1.95. The van der Waals surface area contributed by atoms with Gasteiger partial charge in [0.1, 0.15) is 0 Å². The Morgan fingerprint density at radius 3 is 2.73 bits per heavy atom. The fourth-order valence-corrected chi connectivity index (χ4v) is 2.35. The predicted molar refractivity (Wildman–Crippen MR) is 89.1 cm³/mol. The number of benzene rings is 1. The Kier molecular flexibility index (Phi) is 5.85. The number of carbonyl (C=O) groups is 2. The number of hydrogen-bond acceptors (Lipinski definition) is 4. The SMILES string of the molecule is Cc1cccc(NC(=O)CCC(=O)N/N=C/c2cccs2)c1. The van der Waals surface area contributed by atoms with Gasteiger partial charge in [-0.1, -0.05) is 18.2 Å². The second kappa shape index (κ2) is 8.09. The molecule has 0 atom stereocenters. The Hall–Kier alpha value is -2.47. The van der Waals surface area contributed by atoms with Crippen molar-refractivity contribution < 1.29 is 9.59 Å². The summed E-state index contributed by atoms with van der Waals surface area (Å²) in [4.78, 5) is 24.3. The predicted octanol–water partition coefficient (Wildman–Crippen LogP) is 2.93. The van der Waals surface area contributed by atoms with Crippen LogP contribution in [0.3, 0.4) is 0 Å². The third kappa shape index (κ3) is 5.49. The van der Waals surface area contributed by atoms with E-state index in [2.05, 4.69) is 15.8 Å². The third-order valence-corrected chi connectivity index (χ3v) is 3.61. The van der Waals surface area contributed by atoms with Gasteiger partial charge < -0.3 is 5.32 Å². The van der Waals surface area contributed by atoms with Crippen LogP contribution in [0.5, 0.6) is 0 Å². The molecule has 22 heavy (non-hydrogen) atoms. The fourth-order valence-electron chi connectivity index (χ4n) is 1.76. The summed E-state index contributed by atoms with van der Waals surface area (Å²) in [5.41, 5.74) is 4.21. The zero-order chi connectivity index (χ0) is 15.8. The van der Waals surface area contributed by atoms with Crippen LogP contribution >= 0.6 is 11.3 Å². The molecule has 0 aliphatic rings. The van der Waals surface area contributed by atoms with Gasteiger partial charge in [0.15, 0.2) is 0 Å². The van der Waals surface area contributed by atoms with E-state index in [0.717, 1.165) is 16.1 Å². The number of anilines is 1. The maximum Gasteiger partial charge on any atom is 0.240 e. The fraction of sp³-hybridized carbons (Fsp3) is 0.188. The van der Waals surface area contributed by atoms with Crippen molar-refractivity contribution >= 4 is 35.1 Å². The summed E-state index contributed by atoms with van der Waals surface area (Å²) in [5.74, 6) is -0.477. The van der Waals surface area contributed by atoms with Crippen molar-refractivity contribution in [2.24, 2.45) is 5.10 Å². The first-order valence-corrected chi connectivity index (χ1v) is 7.73. The number of amides is 2. The zero-order valence-electron chi connectivity index (χ0n) is 12.2.